The number of benzene rings is 2. The molecule has 1 fully saturated rings. The van der Waals surface area contributed by atoms with Crippen molar-refractivity contribution < 1.29 is 9.59 Å². The molecule has 0 saturated carbocycles. The fourth-order valence-corrected chi connectivity index (χ4v) is 3.31. The van der Waals surface area contributed by atoms with Gasteiger partial charge >= 0.3 is 0 Å². The molecular weight excluding hydrogens is 415 g/mol. The van der Waals surface area contributed by atoms with E-state index in [2.05, 4.69) is 27.9 Å². The minimum absolute atomic E-state index is 0.0121. The first-order valence-electron chi connectivity index (χ1n) is 8.02. The van der Waals surface area contributed by atoms with Gasteiger partial charge in [-0.25, -0.2) is 0 Å². The number of anilines is 1. The van der Waals surface area contributed by atoms with E-state index in [0.717, 1.165) is 35.1 Å². The third-order valence-corrected chi connectivity index (χ3v) is 5.40. The van der Waals surface area contributed by atoms with Crippen LogP contribution in [0.5, 0.6) is 0 Å². The van der Waals surface area contributed by atoms with E-state index in [1.165, 1.54) is 0 Å². The molecule has 1 N–H and O–H groups in total. The van der Waals surface area contributed by atoms with E-state index in [9.17, 15) is 9.59 Å². The summed E-state index contributed by atoms with van der Waals surface area (Å²) in [5.41, 5.74) is 2.84. The summed E-state index contributed by atoms with van der Waals surface area (Å²) in [6, 6.07) is 12.8. The zero-order valence-electron chi connectivity index (χ0n) is 13.5. The van der Waals surface area contributed by atoms with E-state index < -0.39 is 0 Å². The Hall–Kier alpha value is -1.89. The van der Waals surface area contributed by atoms with Gasteiger partial charge in [-0.15, -0.1) is 0 Å². The number of para-hydroxylation sites is 1. The Bertz CT molecular complexity index is 783. The predicted octanol–water partition coefficient (Wildman–Crippen LogP) is 4.09. The molecule has 2 aromatic rings. The number of aryl methyl sites for hydroxylation is 1. The van der Waals surface area contributed by atoms with Crippen LogP contribution in [0.2, 0.25) is 0 Å². The monoisotopic (exact) mass is 434 g/mol. The number of hydrogen-bond donors (Lipinski definition) is 1. The molecule has 0 aromatic heterocycles. The highest BCUT2D eigenvalue weighted by atomic mass is 127. The highest BCUT2D eigenvalue weighted by Crippen LogP contribution is 2.21. The molecule has 0 radical (unpaired) electrons. The molecule has 1 heterocycles. The minimum atomic E-state index is -0.199. The van der Waals surface area contributed by atoms with Crippen molar-refractivity contribution in [3.8, 4) is 0 Å². The standard InChI is InChI=1S/C19H19IN2O2/c1-13-8-9-14(12-16(13)20)18(23)21-17-7-3-2-6-15(17)19(24)22-10-4-5-11-22/h2-3,6-9,12H,4-5,10-11H2,1H3,(H,21,23). The molecule has 0 aliphatic carbocycles. The number of rotatable bonds is 3. The molecular formula is C19H19IN2O2. The Morgan fingerprint density at radius 3 is 2.50 bits per heavy atom. The number of amides is 2. The topological polar surface area (TPSA) is 49.4 Å². The van der Waals surface area contributed by atoms with Crippen LogP contribution in [-0.2, 0) is 0 Å². The summed E-state index contributed by atoms with van der Waals surface area (Å²) in [5.74, 6) is -0.212. The molecule has 2 amide bonds. The molecule has 124 valence electrons. The van der Waals surface area contributed by atoms with E-state index in [0.29, 0.717) is 16.8 Å². The summed E-state index contributed by atoms with van der Waals surface area (Å²) in [6.45, 7) is 3.59. The molecule has 0 bridgehead atoms. The fourth-order valence-electron chi connectivity index (χ4n) is 2.80. The van der Waals surface area contributed by atoms with Gasteiger partial charge in [0.2, 0.25) is 0 Å². The largest absolute Gasteiger partial charge is 0.339 e. The van der Waals surface area contributed by atoms with E-state index in [1.54, 1.807) is 18.2 Å². The van der Waals surface area contributed by atoms with Crippen LogP contribution in [0.1, 0.15) is 39.1 Å². The van der Waals surface area contributed by atoms with Crippen molar-refractivity contribution in [2.75, 3.05) is 18.4 Å². The summed E-state index contributed by atoms with van der Waals surface area (Å²) < 4.78 is 1.04. The molecule has 3 rings (SSSR count). The quantitative estimate of drug-likeness (QED) is 0.741. The summed E-state index contributed by atoms with van der Waals surface area (Å²) in [6.07, 6.45) is 2.09. The lowest BCUT2D eigenvalue weighted by Gasteiger charge is -2.18. The van der Waals surface area contributed by atoms with Gasteiger partial charge in [-0.1, -0.05) is 18.2 Å². The highest BCUT2D eigenvalue weighted by Gasteiger charge is 2.22. The second kappa shape index (κ2) is 7.34. The van der Waals surface area contributed by atoms with Gasteiger partial charge in [0.1, 0.15) is 0 Å². The van der Waals surface area contributed by atoms with Crippen LogP contribution in [0.25, 0.3) is 0 Å². The molecule has 0 spiro atoms. The van der Waals surface area contributed by atoms with Gasteiger partial charge < -0.3 is 10.2 Å². The van der Waals surface area contributed by atoms with Gasteiger partial charge in [0, 0.05) is 22.2 Å². The highest BCUT2D eigenvalue weighted by molar-refractivity contribution is 14.1. The van der Waals surface area contributed by atoms with Gasteiger partial charge in [0.05, 0.1) is 11.3 Å². The number of halogens is 1. The lowest BCUT2D eigenvalue weighted by Crippen LogP contribution is -2.28. The SMILES string of the molecule is Cc1ccc(C(=O)Nc2ccccc2C(=O)N2CCCC2)cc1I. The van der Waals surface area contributed by atoms with E-state index >= 15 is 0 Å². The summed E-state index contributed by atoms with van der Waals surface area (Å²) >= 11 is 2.22. The Labute approximate surface area is 155 Å². The third-order valence-electron chi connectivity index (χ3n) is 4.23. The molecule has 1 saturated heterocycles. The van der Waals surface area contributed by atoms with Gasteiger partial charge in [-0.2, -0.15) is 0 Å². The number of nitrogens with zero attached hydrogens (tertiary/aromatic N) is 1. The number of nitrogens with one attached hydrogen (secondary N) is 1. The van der Waals surface area contributed by atoms with Gasteiger partial charge in [0.25, 0.3) is 11.8 Å². The number of carbonyl (C=O) groups is 2. The average molecular weight is 434 g/mol. The lowest BCUT2D eigenvalue weighted by atomic mass is 10.1. The van der Waals surface area contributed by atoms with E-state index in [4.69, 9.17) is 0 Å². The Kier molecular flexibility index (Phi) is 5.18. The maximum atomic E-state index is 12.7. The van der Waals surface area contributed by atoms with Crippen LogP contribution in [0.3, 0.4) is 0 Å². The smallest absolute Gasteiger partial charge is 0.255 e. The second-order valence-corrected chi connectivity index (χ2v) is 7.13. The first kappa shape index (κ1) is 17.0. The number of likely N-dealkylation sites (tertiary alicyclic amines) is 1. The van der Waals surface area contributed by atoms with E-state index in [1.807, 2.05) is 36.1 Å². The van der Waals surface area contributed by atoms with Crippen molar-refractivity contribution >= 4 is 40.1 Å². The van der Waals surface area contributed by atoms with Crippen LogP contribution in [0.4, 0.5) is 5.69 Å². The first-order chi connectivity index (χ1) is 11.6. The average Bonchev–Trinajstić information content (AvgIpc) is 3.11. The van der Waals surface area contributed by atoms with Crippen molar-refractivity contribution in [3.05, 3.63) is 62.7 Å². The van der Waals surface area contributed by atoms with Gasteiger partial charge in [-0.3, -0.25) is 9.59 Å². The molecule has 1 aliphatic rings. The minimum Gasteiger partial charge on any atom is -0.339 e. The summed E-state index contributed by atoms with van der Waals surface area (Å²) in [5, 5.41) is 2.89. The van der Waals surface area contributed by atoms with Crippen LogP contribution in [0.15, 0.2) is 42.5 Å². The first-order valence-corrected chi connectivity index (χ1v) is 9.10. The van der Waals surface area contributed by atoms with Gasteiger partial charge in [0.15, 0.2) is 0 Å². The Morgan fingerprint density at radius 2 is 1.79 bits per heavy atom. The van der Waals surface area contributed by atoms with Crippen LogP contribution in [-0.4, -0.2) is 29.8 Å². The Morgan fingerprint density at radius 1 is 1.08 bits per heavy atom. The van der Waals surface area contributed by atoms with Crippen molar-refractivity contribution in [1.29, 1.82) is 0 Å². The lowest BCUT2D eigenvalue weighted by molar-refractivity contribution is 0.0794. The van der Waals surface area contributed by atoms with Gasteiger partial charge in [-0.05, 0) is 72.2 Å². The summed E-state index contributed by atoms with van der Waals surface area (Å²) in [4.78, 5) is 27.0. The fraction of sp³-hybridized carbons (Fsp3) is 0.263. The third kappa shape index (κ3) is 3.61. The normalized spacial score (nSPS) is 13.8. The molecule has 4 nitrogen and oxygen atoms in total. The predicted molar refractivity (Wildman–Crippen MR) is 103 cm³/mol. The van der Waals surface area contributed by atoms with Crippen molar-refractivity contribution in [2.45, 2.75) is 19.8 Å². The summed E-state index contributed by atoms with van der Waals surface area (Å²) in [7, 11) is 0. The molecule has 0 atom stereocenters. The maximum Gasteiger partial charge on any atom is 0.255 e. The zero-order valence-corrected chi connectivity index (χ0v) is 15.7. The molecule has 2 aromatic carbocycles. The molecule has 0 unspecified atom stereocenters. The number of hydrogen-bond acceptors (Lipinski definition) is 2. The van der Waals surface area contributed by atoms with Crippen molar-refractivity contribution in [3.63, 3.8) is 0 Å². The maximum absolute atomic E-state index is 12.7. The second-order valence-electron chi connectivity index (χ2n) is 5.96. The number of carbonyl (C=O) groups excluding carboxylic acids is 2. The molecule has 5 heteroatoms. The van der Waals surface area contributed by atoms with Crippen molar-refractivity contribution in [1.82, 2.24) is 4.90 Å². The van der Waals surface area contributed by atoms with E-state index in [-0.39, 0.29) is 11.8 Å². The molecule has 24 heavy (non-hydrogen) atoms. The van der Waals surface area contributed by atoms with Crippen LogP contribution >= 0.6 is 22.6 Å². The molecule has 1 aliphatic heterocycles. The Balaban J connectivity index is 1.83. The zero-order chi connectivity index (χ0) is 17.1. The van der Waals surface area contributed by atoms with Crippen LogP contribution in [0, 0.1) is 10.5 Å². The van der Waals surface area contributed by atoms with Crippen molar-refractivity contribution in [2.24, 2.45) is 0 Å². The van der Waals surface area contributed by atoms with Crippen LogP contribution < -0.4 is 5.32 Å².